The largest absolute Gasteiger partial charge is 0.312 e. The molecule has 0 radical (unpaired) electrons. The van der Waals surface area contributed by atoms with E-state index < -0.39 is 0 Å². The van der Waals surface area contributed by atoms with E-state index in [1.807, 2.05) is 6.92 Å². The van der Waals surface area contributed by atoms with E-state index >= 15 is 0 Å². The van der Waals surface area contributed by atoms with Crippen molar-refractivity contribution in [2.45, 2.75) is 11.8 Å². The summed E-state index contributed by atoms with van der Waals surface area (Å²) in [6, 6.07) is 11.8. The third-order valence-electron chi connectivity index (χ3n) is 2.93. The number of rotatable bonds is 5. The molecule has 5 heteroatoms. The van der Waals surface area contributed by atoms with Gasteiger partial charge in [-0.1, -0.05) is 0 Å². The summed E-state index contributed by atoms with van der Waals surface area (Å²) in [5.74, 6) is -0.454. The molecule has 0 aromatic heterocycles. The van der Waals surface area contributed by atoms with Crippen molar-refractivity contribution in [3.63, 3.8) is 0 Å². The van der Waals surface area contributed by atoms with Gasteiger partial charge in [-0.15, -0.1) is 11.8 Å². The van der Waals surface area contributed by atoms with Crippen LogP contribution in [0.15, 0.2) is 53.4 Å². The highest BCUT2D eigenvalue weighted by Crippen LogP contribution is 2.21. The van der Waals surface area contributed by atoms with Gasteiger partial charge in [0.25, 0.3) is 0 Å². The van der Waals surface area contributed by atoms with Crippen molar-refractivity contribution in [3.05, 3.63) is 60.2 Å². The van der Waals surface area contributed by atoms with Crippen LogP contribution >= 0.6 is 11.8 Å². The average molecular weight is 307 g/mol. The van der Waals surface area contributed by atoms with Gasteiger partial charge in [0.1, 0.15) is 11.6 Å². The number of anilines is 1. The minimum absolute atomic E-state index is 0.0709. The first kappa shape index (κ1) is 15.5. The van der Waals surface area contributed by atoms with Crippen molar-refractivity contribution < 1.29 is 13.6 Å². The van der Waals surface area contributed by atoms with Gasteiger partial charge in [0.2, 0.25) is 5.91 Å². The van der Waals surface area contributed by atoms with Gasteiger partial charge < -0.3 is 4.90 Å². The number of hydrogen-bond acceptors (Lipinski definition) is 2. The molecule has 0 spiro atoms. The van der Waals surface area contributed by atoms with E-state index in [1.54, 1.807) is 29.2 Å². The number of thioether (sulfide) groups is 1. The van der Waals surface area contributed by atoms with E-state index in [4.69, 9.17) is 0 Å². The van der Waals surface area contributed by atoms with E-state index in [2.05, 4.69) is 0 Å². The molecule has 0 saturated heterocycles. The van der Waals surface area contributed by atoms with E-state index in [0.717, 1.165) is 4.90 Å². The van der Waals surface area contributed by atoms with E-state index in [9.17, 15) is 13.6 Å². The molecule has 0 unspecified atom stereocenters. The molecular weight excluding hydrogens is 292 g/mol. The van der Waals surface area contributed by atoms with Gasteiger partial charge in [0.05, 0.1) is 5.75 Å². The molecular formula is C16H15F2NOS. The minimum Gasteiger partial charge on any atom is -0.312 e. The van der Waals surface area contributed by atoms with E-state index in [-0.39, 0.29) is 23.3 Å². The predicted molar refractivity (Wildman–Crippen MR) is 81.6 cm³/mol. The van der Waals surface area contributed by atoms with E-state index in [0.29, 0.717) is 12.2 Å². The molecule has 0 bridgehead atoms. The lowest BCUT2D eigenvalue weighted by molar-refractivity contribution is -0.116. The van der Waals surface area contributed by atoms with Gasteiger partial charge in [-0.2, -0.15) is 0 Å². The molecule has 0 aliphatic carbocycles. The lowest BCUT2D eigenvalue weighted by Gasteiger charge is -2.20. The lowest BCUT2D eigenvalue weighted by atomic mass is 10.3. The Balaban J connectivity index is 2.00. The van der Waals surface area contributed by atoms with Crippen LogP contribution in [-0.2, 0) is 4.79 Å². The Kier molecular flexibility index (Phi) is 5.33. The van der Waals surface area contributed by atoms with Gasteiger partial charge in [-0.05, 0) is 55.5 Å². The van der Waals surface area contributed by atoms with Gasteiger partial charge in [0.15, 0.2) is 0 Å². The summed E-state index contributed by atoms with van der Waals surface area (Å²) in [6.45, 7) is 2.37. The summed E-state index contributed by atoms with van der Waals surface area (Å²) < 4.78 is 25.7. The molecule has 0 aliphatic heterocycles. The summed E-state index contributed by atoms with van der Waals surface area (Å²) in [4.78, 5) is 14.7. The van der Waals surface area contributed by atoms with Gasteiger partial charge in [-0.25, -0.2) is 8.78 Å². The molecule has 2 aromatic rings. The van der Waals surface area contributed by atoms with Crippen LogP contribution in [-0.4, -0.2) is 18.2 Å². The summed E-state index contributed by atoms with van der Waals surface area (Å²) >= 11 is 1.35. The van der Waals surface area contributed by atoms with Crippen LogP contribution < -0.4 is 4.90 Å². The Morgan fingerprint density at radius 2 is 1.52 bits per heavy atom. The van der Waals surface area contributed by atoms with Crippen molar-refractivity contribution >= 4 is 23.4 Å². The second-order valence-electron chi connectivity index (χ2n) is 4.36. The summed E-state index contributed by atoms with van der Waals surface area (Å²) in [5.41, 5.74) is 0.670. The fourth-order valence-electron chi connectivity index (χ4n) is 1.88. The van der Waals surface area contributed by atoms with Gasteiger partial charge in [0, 0.05) is 17.1 Å². The van der Waals surface area contributed by atoms with Crippen molar-refractivity contribution in [2.24, 2.45) is 0 Å². The van der Waals surface area contributed by atoms with Crippen LogP contribution in [0.3, 0.4) is 0 Å². The number of halogens is 2. The van der Waals surface area contributed by atoms with Crippen LogP contribution in [0.2, 0.25) is 0 Å². The fraction of sp³-hybridized carbons (Fsp3) is 0.188. The fourth-order valence-corrected chi connectivity index (χ4v) is 2.65. The van der Waals surface area contributed by atoms with Crippen molar-refractivity contribution in [3.8, 4) is 0 Å². The molecule has 0 saturated carbocycles. The van der Waals surface area contributed by atoms with Crippen molar-refractivity contribution in [1.29, 1.82) is 0 Å². The minimum atomic E-state index is -0.331. The predicted octanol–water partition coefficient (Wildman–Crippen LogP) is 4.11. The molecule has 2 rings (SSSR count). The number of carbonyl (C=O) groups excluding carboxylic acids is 1. The molecule has 2 nitrogen and oxygen atoms in total. The second-order valence-corrected chi connectivity index (χ2v) is 5.41. The molecule has 21 heavy (non-hydrogen) atoms. The van der Waals surface area contributed by atoms with Gasteiger partial charge in [-0.3, -0.25) is 4.79 Å². The maximum atomic E-state index is 12.9. The Hall–Kier alpha value is -1.88. The third kappa shape index (κ3) is 4.29. The standard InChI is InChI=1S/C16H15F2NOS/c1-2-19(14-7-3-12(17)4-8-14)16(20)11-21-15-9-5-13(18)6-10-15/h3-10H,2,11H2,1H3. The summed E-state index contributed by atoms with van der Waals surface area (Å²) in [7, 11) is 0. The third-order valence-corrected chi connectivity index (χ3v) is 3.93. The molecule has 0 heterocycles. The molecule has 0 N–H and O–H groups in total. The Bertz CT molecular complexity index is 599. The number of nitrogens with zero attached hydrogens (tertiary/aromatic N) is 1. The Labute approximate surface area is 126 Å². The molecule has 1 amide bonds. The van der Waals surface area contributed by atoms with Crippen LogP contribution in [0.1, 0.15) is 6.92 Å². The highest BCUT2D eigenvalue weighted by atomic mass is 32.2. The zero-order chi connectivity index (χ0) is 15.2. The summed E-state index contributed by atoms with van der Waals surface area (Å²) in [5, 5.41) is 0. The maximum Gasteiger partial charge on any atom is 0.237 e. The monoisotopic (exact) mass is 307 g/mol. The van der Waals surface area contributed by atoms with Crippen molar-refractivity contribution in [2.75, 3.05) is 17.2 Å². The number of amides is 1. The van der Waals surface area contributed by atoms with Crippen LogP contribution in [0, 0.1) is 11.6 Å². The van der Waals surface area contributed by atoms with Gasteiger partial charge >= 0.3 is 0 Å². The van der Waals surface area contributed by atoms with Crippen LogP contribution in [0.25, 0.3) is 0 Å². The normalized spacial score (nSPS) is 10.4. The number of benzene rings is 2. The molecule has 110 valence electrons. The molecule has 0 aliphatic rings. The Morgan fingerprint density at radius 3 is 2.05 bits per heavy atom. The Morgan fingerprint density at radius 1 is 1.00 bits per heavy atom. The smallest absolute Gasteiger partial charge is 0.237 e. The first-order chi connectivity index (χ1) is 10.1. The maximum absolute atomic E-state index is 12.9. The number of hydrogen-bond donors (Lipinski definition) is 0. The van der Waals surface area contributed by atoms with E-state index in [1.165, 1.54) is 36.0 Å². The average Bonchev–Trinajstić information content (AvgIpc) is 2.49. The SMILES string of the molecule is CCN(C(=O)CSc1ccc(F)cc1)c1ccc(F)cc1. The zero-order valence-corrected chi connectivity index (χ0v) is 12.4. The van der Waals surface area contributed by atoms with Crippen molar-refractivity contribution in [1.82, 2.24) is 0 Å². The summed E-state index contributed by atoms with van der Waals surface area (Å²) in [6.07, 6.45) is 0. The highest BCUT2D eigenvalue weighted by molar-refractivity contribution is 8.00. The molecule has 0 fully saturated rings. The first-order valence-electron chi connectivity index (χ1n) is 6.54. The quantitative estimate of drug-likeness (QED) is 0.775. The van der Waals surface area contributed by atoms with Crippen LogP contribution in [0.5, 0.6) is 0 Å². The first-order valence-corrected chi connectivity index (χ1v) is 7.53. The highest BCUT2D eigenvalue weighted by Gasteiger charge is 2.14. The second kappa shape index (κ2) is 7.22. The number of carbonyl (C=O) groups is 1. The molecule has 2 aromatic carbocycles. The topological polar surface area (TPSA) is 20.3 Å². The lowest BCUT2D eigenvalue weighted by Crippen LogP contribution is -2.32. The van der Waals surface area contributed by atoms with Crippen LogP contribution in [0.4, 0.5) is 14.5 Å². The molecule has 0 atom stereocenters. The zero-order valence-electron chi connectivity index (χ0n) is 11.6.